The lowest BCUT2D eigenvalue weighted by molar-refractivity contribution is 0.116. The van der Waals surface area contributed by atoms with Crippen molar-refractivity contribution in [3.63, 3.8) is 0 Å². The first-order valence-corrected chi connectivity index (χ1v) is 6.15. The van der Waals surface area contributed by atoms with E-state index in [0.29, 0.717) is 11.5 Å². The van der Waals surface area contributed by atoms with E-state index in [-0.39, 0.29) is 0 Å². The van der Waals surface area contributed by atoms with Crippen LogP contribution in [0.3, 0.4) is 0 Å². The van der Waals surface area contributed by atoms with Crippen molar-refractivity contribution in [2.75, 3.05) is 0 Å². The average molecular weight is 271 g/mol. The molecule has 2 nitrogen and oxygen atoms in total. The molecule has 0 atom stereocenters. The van der Waals surface area contributed by atoms with Gasteiger partial charge in [0.05, 0.1) is 0 Å². The minimum atomic E-state index is -2.73. The number of hydrogen-bond donors (Lipinski definition) is 0. The molecule has 0 spiro atoms. The second-order valence-corrected chi connectivity index (χ2v) is 4.26. The molecule has 0 aliphatic carbocycles. The highest BCUT2D eigenvalue weighted by Gasteiger charge is 2.21. The Hall–Kier alpha value is -2.49. The molecule has 0 saturated carbocycles. The molecule has 0 N–H and O–H groups in total. The Labute approximate surface area is 114 Å². The molecule has 4 heteroatoms. The van der Waals surface area contributed by atoms with Crippen LogP contribution in [0.4, 0.5) is 8.78 Å². The number of hydrogen-bond acceptors (Lipinski definition) is 2. The van der Waals surface area contributed by atoms with Crippen molar-refractivity contribution in [1.29, 1.82) is 0 Å². The number of oxazole rings is 1. The predicted molar refractivity (Wildman–Crippen MR) is 72.3 cm³/mol. The van der Waals surface area contributed by atoms with E-state index in [9.17, 15) is 8.78 Å². The van der Waals surface area contributed by atoms with E-state index >= 15 is 0 Å². The van der Waals surface area contributed by atoms with Gasteiger partial charge in [-0.3, -0.25) is 0 Å². The lowest BCUT2D eigenvalue weighted by Gasteiger charge is -2.00. The first-order valence-electron chi connectivity index (χ1n) is 6.15. The van der Waals surface area contributed by atoms with Crippen molar-refractivity contribution in [1.82, 2.24) is 4.98 Å². The van der Waals surface area contributed by atoms with Gasteiger partial charge >= 0.3 is 6.43 Å². The van der Waals surface area contributed by atoms with E-state index in [1.165, 1.54) is 0 Å². The fourth-order valence-electron chi connectivity index (χ4n) is 2.01. The maximum absolute atomic E-state index is 12.8. The summed E-state index contributed by atoms with van der Waals surface area (Å²) in [6.07, 6.45) is -2.73. The van der Waals surface area contributed by atoms with Crippen LogP contribution in [0.5, 0.6) is 0 Å². The van der Waals surface area contributed by atoms with Gasteiger partial charge in [0.2, 0.25) is 0 Å². The van der Waals surface area contributed by atoms with Crippen molar-refractivity contribution in [2.45, 2.75) is 6.43 Å². The second-order valence-electron chi connectivity index (χ2n) is 4.26. The van der Waals surface area contributed by atoms with Gasteiger partial charge in [-0.25, -0.2) is 4.98 Å². The maximum atomic E-state index is 12.8. The molecule has 100 valence electrons. The summed E-state index contributed by atoms with van der Waals surface area (Å²) >= 11 is 0. The highest BCUT2D eigenvalue weighted by Crippen LogP contribution is 2.35. The van der Waals surface area contributed by atoms with Gasteiger partial charge in [-0.15, -0.1) is 0 Å². The molecule has 3 aromatic rings. The molecule has 0 aliphatic rings. The van der Waals surface area contributed by atoms with Crippen molar-refractivity contribution in [3.8, 4) is 22.6 Å². The lowest BCUT2D eigenvalue weighted by Crippen LogP contribution is -1.84. The van der Waals surface area contributed by atoms with Crippen LogP contribution in [0.25, 0.3) is 22.6 Å². The van der Waals surface area contributed by atoms with Crippen LogP contribution in [-0.2, 0) is 0 Å². The topological polar surface area (TPSA) is 26.0 Å². The van der Waals surface area contributed by atoms with Gasteiger partial charge in [0.1, 0.15) is 5.69 Å². The summed E-state index contributed by atoms with van der Waals surface area (Å²) in [4.78, 5) is 3.94. The van der Waals surface area contributed by atoms with Crippen LogP contribution in [0.15, 0.2) is 65.1 Å². The summed E-state index contributed by atoms with van der Waals surface area (Å²) in [5.74, 6) is -0.185. The third-order valence-electron chi connectivity index (χ3n) is 2.91. The minimum Gasteiger partial charge on any atom is -0.435 e. The molecule has 0 radical (unpaired) electrons. The van der Waals surface area contributed by atoms with E-state index in [0.717, 1.165) is 11.1 Å². The quantitative estimate of drug-likeness (QED) is 0.674. The Morgan fingerprint density at radius 2 is 1.35 bits per heavy atom. The monoisotopic (exact) mass is 271 g/mol. The van der Waals surface area contributed by atoms with Crippen LogP contribution < -0.4 is 0 Å². The van der Waals surface area contributed by atoms with Crippen LogP contribution in [0.1, 0.15) is 12.3 Å². The van der Waals surface area contributed by atoms with E-state index < -0.39 is 12.3 Å². The number of benzene rings is 2. The molecule has 1 heterocycles. The zero-order valence-electron chi connectivity index (χ0n) is 10.5. The molecule has 1 aromatic heterocycles. The Morgan fingerprint density at radius 1 is 0.800 bits per heavy atom. The van der Waals surface area contributed by atoms with Gasteiger partial charge in [-0.1, -0.05) is 60.7 Å². The molecule has 0 bridgehead atoms. The molecule has 0 fully saturated rings. The number of aromatic nitrogens is 1. The highest BCUT2D eigenvalue weighted by atomic mass is 19.3. The summed E-state index contributed by atoms with van der Waals surface area (Å²) in [6.45, 7) is 0. The number of alkyl halides is 2. The third-order valence-corrected chi connectivity index (χ3v) is 2.91. The smallest absolute Gasteiger partial charge is 0.313 e. The van der Waals surface area contributed by atoms with Crippen LogP contribution in [-0.4, -0.2) is 4.98 Å². The van der Waals surface area contributed by atoms with Gasteiger partial charge in [0, 0.05) is 11.1 Å². The van der Waals surface area contributed by atoms with Gasteiger partial charge in [0.25, 0.3) is 5.89 Å². The van der Waals surface area contributed by atoms with E-state index in [1.807, 2.05) is 60.7 Å². The van der Waals surface area contributed by atoms with E-state index in [2.05, 4.69) is 4.98 Å². The summed E-state index contributed by atoms with van der Waals surface area (Å²) in [5, 5.41) is 0. The Bertz CT molecular complexity index is 636. The molecule has 20 heavy (non-hydrogen) atoms. The summed E-state index contributed by atoms with van der Waals surface area (Å²) in [6, 6.07) is 18.3. The summed E-state index contributed by atoms with van der Waals surface area (Å²) in [7, 11) is 0. The Balaban J connectivity index is 2.18. The molecule has 2 aromatic carbocycles. The fraction of sp³-hybridized carbons (Fsp3) is 0.0625. The summed E-state index contributed by atoms with van der Waals surface area (Å²) < 4.78 is 30.9. The van der Waals surface area contributed by atoms with E-state index in [1.54, 1.807) is 0 Å². The van der Waals surface area contributed by atoms with Crippen molar-refractivity contribution < 1.29 is 13.2 Å². The largest absolute Gasteiger partial charge is 0.435 e. The van der Waals surface area contributed by atoms with Crippen molar-refractivity contribution in [2.24, 2.45) is 0 Å². The van der Waals surface area contributed by atoms with Gasteiger partial charge in [0.15, 0.2) is 5.76 Å². The molecule has 0 aliphatic heterocycles. The zero-order valence-corrected chi connectivity index (χ0v) is 10.5. The SMILES string of the molecule is FC(F)c1nc(-c2ccccc2)c(-c2ccccc2)o1. The first-order chi connectivity index (χ1) is 9.75. The standard InChI is InChI=1S/C16H11F2NO/c17-15(18)16-19-13(11-7-3-1-4-8-11)14(20-16)12-9-5-2-6-10-12/h1-10,15H. The van der Waals surface area contributed by atoms with E-state index in [4.69, 9.17) is 4.42 Å². The minimum absolute atomic E-state index is 0.368. The summed E-state index contributed by atoms with van der Waals surface area (Å²) in [5.41, 5.74) is 1.92. The van der Waals surface area contributed by atoms with Crippen LogP contribution in [0.2, 0.25) is 0 Å². The Kier molecular flexibility index (Phi) is 3.29. The van der Waals surface area contributed by atoms with Gasteiger partial charge < -0.3 is 4.42 Å². The molecular weight excluding hydrogens is 260 g/mol. The van der Waals surface area contributed by atoms with Crippen LogP contribution in [0, 0.1) is 0 Å². The normalized spacial score (nSPS) is 10.9. The first kappa shape index (κ1) is 12.5. The number of nitrogens with zero attached hydrogens (tertiary/aromatic N) is 1. The molecule has 3 rings (SSSR count). The van der Waals surface area contributed by atoms with Crippen molar-refractivity contribution in [3.05, 3.63) is 66.6 Å². The average Bonchev–Trinajstić information content (AvgIpc) is 2.94. The van der Waals surface area contributed by atoms with Gasteiger partial charge in [-0.05, 0) is 0 Å². The van der Waals surface area contributed by atoms with Crippen LogP contribution >= 0.6 is 0 Å². The Morgan fingerprint density at radius 3 is 1.90 bits per heavy atom. The predicted octanol–water partition coefficient (Wildman–Crippen LogP) is 4.95. The van der Waals surface area contributed by atoms with Gasteiger partial charge in [-0.2, -0.15) is 8.78 Å². The second kappa shape index (κ2) is 5.25. The molecule has 0 unspecified atom stereocenters. The number of halogens is 2. The van der Waals surface area contributed by atoms with Crippen molar-refractivity contribution >= 4 is 0 Å². The zero-order chi connectivity index (χ0) is 13.9. The highest BCUT2D eigenvalue weighted by molar-refractivity contribution is 5.76. The molecular formula is C16H11F2NO. The third kappa shape index (κ3) is 2.32. The fourth-order valence-corrected chi connectivity index (χ4v) is 2.01. The number of rotatable bonds is 3. The molecule has 0 saturated heterocycles. The maximum Gasteiger partial charge on any atom is 0.313 e. The molecule has 0 amide bonds. The lowest BCUT2D eigenvalue weighted by atomic mass is 10.1.